The first-order valence-corrected chi connectivity index (χ1v) is 12.5. The summed E-state index contributed by atoms with van der Waals surface area (Å²) in [5, 5.41) is 3.06. The van der Waals surface area contributed by atoms with Gasteiger partial charge in [-0.3, -0.25) is 9.52 Å². The van der Waals surface area contributed by atoms with E-state index in [4.69, 9.17) is 9.47 Å². The molecule has 2 N–H and O–H groups in total. The number of rotatable bonds is 9. The lowest BCUT2D eigenvalue weighted by Gasteiger charge is -2.40. The first-order chi connectivity index (χ1) is 16.4. The minimum Gasteiger partial charge on any atom is -0.493 e. The lowest BCUT2D eigenvalue weighted by molar-refractivity contribution is -0.130. The summed E-state index contributed by atoms with van der Waals surface area (Å²) in [4.78, 5) is 13.1. The van der Waals surface area contributed by atoms with E-state index in [1.165, 1.54) is 26.4 Å². The second kappa shape index (κ2) is 9.77. The van der Waals surface area contributed by atoms with Crippen LogP contribution in [-0.4, -0.2) is 28.5 Å². The Kier molecular flexibility index (Phi) is 6.79. The zero-order chi connectivity index (χ0) is 24.2. The monoisotopic (exact) mass is 480 g/mol. The van der Waals surface area contributed by atoms with Crippen molar-refractivity contribution in [1.29, 1.82) is 0 Å². The molecule has 1 amide bonds. The van der Waals surface area contributed by atoms with Crippen molar-refractivity contribution in [2.45, 2.75) is 36.1 Å². The van der Waals surface area contributed by atoms with Gasteiger partial charge in [0, 0.05) is 18.3 Å². The first kappa shape index (κ1) is 23.6. The van der Waals surface area contributed by atoms with Gasteiger partial charge in [0.1, 0.15) is 0 Å². The molecule has 8 heteroatoms. The number of hydrogen-bond donors (Lipinski definition) is 2. The molecule has 178 valence electrons. The summed E-state index contributed by atoms with van der Waals surface area (Å²) >= 11 is 0. The largest absolute Gasteiger partial charge is 0.493 e. The fourth-order valence-corrected chi connectivity index (χ4v) is 5.25. The predicted molar refractivity (Wildman–Crippen MR) is 131 cm³/mol. The number of methoxy groups -OCH3 is 2. The van der Waals surface area contributed by atoms with Crippen LogP contribution in [0.1, 0.15) is 30.4 Å². The fraction of sp³-hybridized carbons (Fsp3) is 0.269. The van der Waals surface area contributed by atoms with Gasteiger partial charge >= 0.3 is 0 Å². The molecular weight excluding hydrogens is 452 g/mol. The van der Waals surface area contributed by atoms with Gasteiger partial charge in [-0.1, -0.05) is 48.9 Å². The van der Waals surface area contributed by atoms with Gasteiger partial charge < -0.3 is 14.8 Å². The fourth-order valence-electron chi connectivity index (χ4n) is 4.18. The molecule has 0 spiro atoms. The van der Waals surface area contributed by atoms with Crippen LogP contribution in [0, 0.1) is 0 Å². The normalized spacial score (nSPS) is 14.5. The van der Waals surface area contributed by atoms with Crippen molar-refractivity contribution >= 4 is 21.6 Å². The number of amides is 1. The maximum Gasteiger partial charge on any atom is 0.262 e. The zero-order valence-electron chi connectivity index (χ0n) is 19.2. The molecule has 0 aliphatic heterocycles. The Balaban J connectivity index is 1.48. The molecule has 1 fully saturated rings. The van der Waals surface area contributed by atoms with Crippen molar-refractivity contribution in [3.8, 4) is 11.5 Å². The molecule has 1 saturated carbocycles. The van der Waals surface area contributed by atoms with Crippen molar-refractivity contribution in [3.05, 3.63) is 83.9 Å². The number of benzene rings is 3. The van der Waals surface area contributed by atoms with Gasteiger partial charge in [-0.15, -0.1) is 0 Å². The van der Waals surface area contributed by atoms with Crippen LogP contribution in [0.25, 0.3) is 0 Å². The lowest BCUT2D eigenvalue weighted by Crippen LogP contribution is -2.48. The van der Waals surface area contributed by atoms with E-state index in [-0.39, 0.29) is 10.8 Å². The summed E-state index contributed by atoms with van der Waals surface area (Å²) in [6, 6.07) is 21.3. The highest BCUT2D eigenvalue weighted by Gasteiger charge is 2.45. The summed E-state index contributed by atoms with van der Waals surface area (Å²) in [6.45, 7) is 0.477. The first-order valence-electron chi connectivity index (χ1n) is 11.1. The van der Waals surface area contributed by atoms with Crippen molar-refractivity contribution in [2.75, 3.05) is 18.9 Å². The van der Waals surface area contributed by atoms with E-state index in [0.29, 0.717) is 23.7 Å². The molecule has 0 bridgehead atoms. The molecule has 0 aromatic heterocycles. The quantitative estimate of drug-likeness (QED) is 0.478. The van der Waals surface area contributed by atoms with Gasteiger partial charge in [0.25, 0.3) is 10.0 Å². The molecule has 0 heterocycles. The van der Waals surface area contributed by atoms with E-state index in [1.807, 2.05) is 42.5 Å². The maximum absolute atomic E-state index is 13.1. The minimum atomic E-state index is -3.83. The van der Waals surface area contributed by atoms with Crippen molar-refractivity contribution in [1.82, 2.24) is 5.32 Å². The van der Waals surface area contributed by atoms with E-state index >= 15 is 0 Å². The summed E-state index contributed by atoms with van der Waals surface area (Å²) < 4.78 is 38.7. The highest BCUT2D eigenvalue weighted by Crippen LogP contribution is 2.44. The van der Waals surface area contributed by atoms with Crippen molar-refractivity contribution in [3.63, 3.8) is 0 Å². The number of ether oxygens (including phenoxy) is 2. The predicted octanol–water partition coefficient (Wildman–Crippen LogP) is 4.24. The summed E-state index contributed by atoms with van der Waals surface area (Å²) in [7, 11) is -0.891. The van der Waals surface area contributed by atoms with Gasteiger partial charge in [0.15, 0.2) is 11.5 Å². The second-order valence-electron chi connectivity index (χ2n) is 8.30. The molecular formula is C26H28N2O5S. The molecule has 0 radical (unpaired) electrons. The van der Waals surface area contributed by atoms with E-state index < -0.39 is 15.4 Å². The Labute approximate surface area is 200 Å². The van der Waals surface area contributed by atoms with Crippen LogP contribution in [0.2, 0.25) is 0 Å². The van der Waals surface area contributed by atoms with Gasteiger partial charge in [0.05, 0.1) is 24.5 Å². The van der Waals surface area contributed by atoms with E-state index in [2.05, 4.69) is 10.0 Å². The molecule has 0 saturated heterocycles. The molecule has 3 aromatic carbocycles. The molecule has 0 atom stereocenters. The van der Waals surface area contributed by atoms with Crippen LogP contribution < -0.4 is 19.5 Å². The highest BCUT2D eigenvalue weighted by molar-refractivity contribution is 7.92. The average Bonchev–Trinajstić information content (AvgIpc) is 2.83. The number of anilines is 1. The van der Waals surface area contributed by atoms with Crippen LogP contribution in [-0.2, 0) is 26.8 Å². The topological polar surface area (TPSA) is 93.7 Å². The number of nitrogens with one attached hydrogen (secondary N) is 2. The van der Waals surface area contributed by atoms with Crippen LogP contribution in [0.5, 0.6) is 11.5 Å². The number of carbonyl (C=O) groups is 1. The van der Waals surface area contributed by atoms with Crippen LogP contribution >= 0.6 is 0 Å². The number of sulfonamides is 1. The Hall–Kier alpha value is -3.52. The maximum atomic E-state index is 13.1. The van der Waals surface area contributed by atoms with Crippen LogP contribution in [0.4, 0.5) is 5.69 Å². The summed E-state index contributed by atoms with van der Waals surface area (Å²) in [5.41, 5.74) is 1.77. The standard InChI is InChI=1S/C26H28N2O5S/c1-32-23-14-13-22(17-24(23)33-2)34(30,31)28-21-11-9-20(10-12-21)26(15-6-16-26)25(29)27-18-19-7-4-3-5-8-19/h3-5,7-14,17,28H,6,15-16,18H2,1-2H3,(H,27,29). The van der Waals surface area contributed by atoms with Gasteiger partial charge in [-0.2, -0.15) is 0 Å². The Morgan fingerprint density at radius 2 is 1.59 bits per heavy atom. The van der Waals surface area contributed by atoms with Crippen LogP contribution in [0.15, 0.2) is 77.7 Å². The third-order valence-electron chi connectivity index (χ3n) is 6.29. The minimum absolute atomic E-state index is 0.00117. The summed E-state index contributed by atoms with van der Waals surface area (Å²) in [6.07, 6.45) is 2.51. The van der Waals surface area contributed by atoms with E-state index in [9.17, 15) is 13.2 Å². The Morgan fingerprint density at radius 1 is 0.912 bits per heavy atom. The highest BCUT2D eigenvalue weighted by atomic mass is 32.2. The molecule has 0 unspecified atom stereocenters. The molecule has 1 aliphatic carbocycles. The van der Waals surface area contributed by atoms with Gasteiger partial charge in [0.2, 0.25) is 5.91 Å². The smallest absolute Gasteiger partial charge is 0.262 e. The molecule has 7 nitrogen and oxygen atoms in total. The Bertz CT molecular complexity index is 1250. The van der Waals surface area contributed by atoms with Crippen molar-refractivity contribution in [2.24, 2.45) is 0 Å². The SMILES string of the molecule is COc1ccc(S(=O)(=O)Nc2ccc(C3(C(=O)NCc4ccccc4)CCC3)cc2)cc1OC. The number of hydrogen-bond acceptors (Lipinski definition) is 5. The van der Waals surface area contributed by atoms with Gasteiger partial charge in [-0.05, 0) is 48.2 Å². The molecule has 4 rings (SSSR count). The summed E-state index contributed by atoms with van der Waals surface area (Å²) in [5.74, 6) is 0.776. The third-order valence-corrected chi connectivity index (χ3v) is 7.67. The Morgan fingerprint density at radius 3 is 2.18 bits per heavy atom. The molecule has 34 heavy (non-hydrogen) atoms. The number of carbonyl (C=O) groups excluding carboxylic acids is 1. The van der Waals surface area contributed by atoms with E-state index in [1.54, 1.807) is 18.2 Å². The third kappa shape index (κ3) is 4.72. The van der Waals surface area contributed by atoms with Gasteiger partial charge in [-0.25, -0.2) is 8.42 Å². The lowest BCUT2D eigenvalue weighted by atomic mass is 9.63. The molecule has 3 aromatic rings. The van der Waals surface area contributed by atoms with Crippen LogP contribution in [0.3, 0.4) is 0 Å². The average molecular weight is 481 g/mol. The van der Waals surface area contributed by atoms with E-state index in [0.717, 1.165) is 30.4 Å². The van der Waals surface area contributed by atoms with Crippen molar-refractivity contribution < 1.29 is 22.7 Å². The second-order valence-corrected chi connectivity index (χ2v) is 9.99. The zero-order valence-corrected chi connectivity index (χ0v) is 20.0. The molecule has 1 aliphatic rings.